The lowest BCUT2D eigenvalue weighted by Crippen LogP contribution is -2.15. The molecule has 0 bridgehead atoms. The number of rotatable bonds is 6. The van der Waals surface area contributed by atoms with Crippen molar-refractivity contribution in [2.24, 2.45) is 0 Å². The fourth-order valence-corrected chi connectivity index (χ4v) is 4.04. The Morgan fingerprint density at radius 2 is 1.57 bits per heavy atom. The van der Waals surface area contributed by atoms with E-state index in [2.05, 4.69) is 10.0 Å². The van der Waals surface area contributed by atoms with Crippen LogP contribution in [0, 0.1) is 20.8 Å². The van der Waals surface area contributed by atoms with Crippen LogP contribution in [-0.4, -0.2) is 21.4 Å². The third-order valence-corrected chi connectivity index (χ3v) is 6.17. The molecule has 0 heterocycles. The van der Waals surface area contributed by atoms with Crippen molar-refractivity contribution in [3.05, 3.63) is 82.9 Å². The number of carbonyl (C=O) groups excluding carboxylic acids is 1. The van der Waals surface area contributed by atoms with Crippen molar-refractivity contribution in [3.63, 3.8) is 0 Å². The van der Waals surface area contributed by atoms with E-state index >= 15 is 0 Å². The minimum absolute atomic E-state index is 0.193. The summed E-state index contributed by atoms with van der Waals surface area (Å²) in [7, 11) is -2.18. The molecule has 0 aromatic heterocycles. The van der Waals surface area contributed by atoms with Gasteiger partial charge in [0, 0.05) is 11.3 Å². The summed E-state index contributed by atoms with van der Waals surface area (Å²) in [6, 6.07) is 16.7. The lowest BCUT2D eigenvalue weighted by atomic mass is 10.1. The van der Waals surface area contributed by atoms with E-state index in [1.807, 2.05) is 32.9 Å². The number of ether oxygens (including phenoxy) is 1. The van der Waals surface area contributed by atoms with Crippen molar-refractivity contribution < 1.29 is 17.9 Å². The second-order valence-electron chi connectivity index (χ2n) is 7.09. The van der Waals surface area contributed by atoms with Crippen molar-refractivity contribution in [2.45, 2.75) is 25.7 Å². The molecule has 30 heavy (non-hydrogen) atoms. The fourth-order valence-electron chi connectivity index (χ4n) is 2.90. The largest absolute Gasteiger partial charge is 0.495 e. The molecule has 0 saturated heterocycles. The summed E-state index contributed by atoms with van der Waals surface area (Å²) < 4.78 is 33.1. The normalized spacial score (nSPS) is 11.1. The number of nitrogens with one attached hydrogen (secondary N) is 2. The molecule has 0 aliphatic heterocycles. The maximum absolute atomic E-state index is 12.6. The first-order chi connectivity index (χ1) is 14.2. The van der Waals surface area contributed by atoms with Crippen molar-refractivity contribution in [3.8, 4) is 5.75 Å². The van der Waals surface area contributed by atoms with Crippen LogP contribution in [0.4, 0.5) is 11.4 Å². The number of methoxy groups -OCH3 is 1. The second kappa shape index (κ2) is 8.59. The molecule has 2 N–H and O–H groups in total. The van der Waals surface area contributed by atoms with Gasteiger partial charge in [-0.25, -0.2) is 8.42 Å². The standard InChI is InChI=1S/C23H24N2O4S/c1-15-5-12-22(29-4)21(13-15)24-23(26)18-7-9-19(10-8-18)25-30(27,28)20-11-6-16(2)17(3)14-20/h5-14,25H,1-4H3,(H,24,26). The summed E-state index contributed by atoms with van der Waals surface area (Å²) >= 11 is 0. The first-order valence-corrected chi connectivity index (χ1v) is 10.8. The Morgan fingerprint density at radius 3 is 2.20 bits per heavy atom. The fraction of sp³-hybridized carbons (Fsp3) is 0.174. The topological polar surface area (TPSA) is 84.5 Å². The summed E-state index contributed by atoms with van der Waals surface area (Å²) in [5.41, 5.74) is 4.25. The van der Waals surface area contributed by atoms with E-state index in [1.165, 1.54) is 7.11 Å². The Bertz CT molecular complexity index is 1190. The maximum Gasteiger partial charge on any atom is 0.261 e. The first kappa shape index (κ1) is 21.4. The van der Waals surface area contributed by atoms with Crippen LogP contribution in [-0.2, 0) is 10.0 Å². The van der Waals surface area contributed by atoms with Gasteiger partial charge in [0.05, 0.1) is 17.7 Å². The van der Waals surface area contributed by atoms with Crippen molar-refractivity contribution in [2.75, 3.05) is 17.1 Å². The monoisotopic (exact) mass is 424 g/mol. The van der Waals surface area contributed by atoms with Gasteiger partial charge in [-0.3, -0.25) is 9.52 Å². The van der Waals surface area contributed by atoms with Crippen molar-refractivity contribution in [1.82, 2.24) is 0 Å². The van der Waals surface area contributed by atoms with Crippen LogP contribution in [0.2, 0.25) is 0 Å². The number of anilines is 2. The van der Waals surface area contributed by atoms with Gasteiger partial charge in [0.1, 0.15) is 5.75 Å². The maximum atomic E-state index is 12.6. The molecule has 1 amide bonds. The molecule has 0 atom stereocenters. The van der Waals surface area contributed by atoms with Crippen LogP contribution in [0.1, 0.15) is 27.0 Å². The van der Waals surface area contributed by atoms with Gasteiger partial charge in [-0.2, -0.15) is 0 Å². The Morgan fingerprint density at radius 1 is 0.867 bits per heavy atom. The highest BCUT2D eigenvalue weighted by atomic mass is 32.2. The summed E-state index contributed by atoms with van der Waals surface area (Å²) in [6.45, 7) is 5.71. The zero-order valence-corrected chi connectivity index (χ0v) is 18.1. The minimum atomic E-state index is -3.72. The predicted molar refractivity (Wildman–Crippen MR) is 119 cm³/mol. The molecule has 0 radical (unpaired) electrons. The van der Waals surface area contributed by atoms with Gasteiger partial charge in [-0.15, -0.1) is 0 Å². The molecule has 0 spiro atoms. The van der Waals surface area contributed by atoms with Crippen LogP contribution in [0.25, 0.3) is 0 Å². The molecule has 0 aliphatic carbocycles. The van der Waals surface area contributed by atoms with Crippen LogP contribution >= 0.6 is 0 Å². The first-order valence-electron chi connectivity index (χ1n) is 9.36. The Balaban J connectivity index is 1.75. The van der Waals surface area contributed by atoms with Crippen molar-refractivity contribution >= 4 is 27.3 Å². The molecule has 3 aromatic carbocycles. The van der Waals surface area contributed by atoms with E-state index in [9.17, 15) is 13.2 Å². The number of hydrogen-bond acceptors (Lipinski definition) is 4. The van der Waals surface area contributed by atoms with Gasteiger partial charge in [-0.05, 0) is 86.0 Å². The zero-order valence-electron chi connectivity index (χ0n) is 17.3. The van der Waals surface area contributed by atoms with Gasteiger partial charge in [0.2, 0.25) is 0 Å². The molecule has 3 aromatic rings. The van der Waals surface area contributed by atoms with E-state index in [0.717, 1.165) is 16.7 Å². The average molecular weight is 425 g/mol. The molecule has 0 fully saturated rings. The van der Waals surface area contributed by atoms with E-state index < -0.39 is 10.0 Å². The molecule has 0 aliphatic rings. The van der Waals surface area contributed by atoms with Gasteiger partial charge < -0.3 is 10.1 Å². The molecular formula is C23H24N2O4S. The lowest BCUT2D eigenvalue weighted by Gasteiger charge is -2.12. The molecule has 3 rings (SSSR count). The molecule has 0 unspecified atom stereocenters. The van der Waals surface area contributed by atoms with Gasteiger partial charge in [-0.1, -0.05) is 12.1 Å². The highest BCUT2D eigenvalue weighted by molar-refractivity contribution is 7.92. The summed E-state index contributed by atoms with van der Waals surface area (Å²) in [6.07, 6.45) is 0. The van der Waals surface area contributed by atoms with Gasteiger partial charge in [0.25, 0.3) is 15.9 Å². The number of amides is 1. The number of benzene rings is 3. The predicted octanol–water partition coefficient (Wildman–Crippen LogP) is 4.67. The summed E-state index contributed by atoms with van der Waals surface area (Å²) in [5, 5.41) is 2.82. The minimum Gasteiger partial charge on any atom is -0.495 e. The Labute approximate surface area is 177 Å². The van der Waals surface area contributed by atoms with Crippen molar-refractivity contribution in [1.29, 1.82) is 0 Å². The molecular weight excluding hydrogens is 400 g/mol. The van der Waals surface area contributed by atoms with E-state index in [1.54, 1.807) is 48.5 Å². The summed E-state index contributed by atoms with van der Waals surface area (Å²) in [5.74, 6) is 0.245. The van der Waals surface area contributed by atoms with Crippen LogP contribution in [0.3, 0.4) is 0 Å². The Kier molecular flexibility index (Phi) is 6.12. The zero-order chi connectivity index (χ0) is 21.9. The number of aryl methyl sites for hydroxylation is 3. The lowest BCUT2D eigenvalue weighted by molar-refractivity contribution is 0.102. The Hall–Kier alpha value is -3.32. The van der Waals surface area contributed by atoms with E-state index in [-0.39, 0.29) is 10.8 Å². The quantitative estimate of drug-likeness (QED) is 0.602. The van der Waals surface area contributed by atoms with Gasteiger partial charge in [0.15, 0.2) is 0 Å². The summed E-state index contributed by atoms with van der Waals surface area (Å²) in [4.78, 5) is 12.8. The van der Waals surface area contributed by atoms with E-state index in [0.29, 0.717) is 22.7 Å². The third-order valence-electron chi connectivity index (χ3n) is 4.79. The second-order valence-corrected chi connectivity index (χ2v) is 8.77. The number of carbonyl (C=O) groups is 1. The van der Waals surface area contributed by atoms with E-state index in [4.69, 9.17) is 4.74 Å². The number of hydrogen-bond donors (Lipinski definition) is 2. The molecule has 0 saturated carbocycles. The van der Waals surface area contributed by atoms with Gasteiger partial charge >= 0.3 is 0 Å². The molecule has 7 heteroatoms. The smallest absolute Gasteiger partial charge is 0.261 e. The highest BCUT2D eigenvalue weighted by Crippen LogP contribution is 2.26. The van der Waals surface area contributed by atoms with Crippen LogP contribution in [0.5, 0.6) is 5.75 Å². The van der Waals surface area contributed by atoms with Crippen LogP contribution < -0.4 is 14.8 Å². The average Bonchev–Trinajstić information content (AvgIpc) is 2.70. The number of sulfonamides is 1. The third kappa shape index (κ3) is 4.80. The molecule has 156 valence electrons. The SMILES string of the molecule is COc1ccc(C)cc1NC(=O)c1ccc(NS(=O)(=O)c2ccc(C)c(C)c2)cc1. The highest BCUT2D eigenvalue weighted by Gasteiger charge is 2.16. The van der Waals surface area contributed by atoms with Crippen LogP contribution in [0.15, 0.2) is 65.6 Å². The molecule has 6 nitrogen and oxygen atoms in total.